The van der Waals surface area contributed by atoms with Crippen molar-refractivity contribution < 1.29 is 31.5 Å². The number of carbonyl (C=O) groups is 1. The van der Waals surface area contributed by atoms with Crippen LogP contribution in [0.15, 0.2) is 0 Å². The topological polar surface area (TPSA) is 83.5 Å². The van der Waals surface area contributed by atoms with Crippen molar-refractivity contribution in [2.45, 2.75) is 25.8 Å². The minimum Gasteiger partial charge on any atom is -0.481 e. The van der Waals surface area contributed by atoms with E-state index >= 15 is 0 Å². The molecule has 5 nitrogen and oxygen atoms in total. The second-order valence-corrected chi connectivity index (χ2v) is 5.54. The molecule has 0 atom stereocenters. The van der Waals surface area contributed by atoms with E-state index in [2.05, 4.69) is 0 Å². The van der Waals surface area contributed by atoms with Crippen LogP contribution < -0.4 is 4.72 Å². The van der Waals surface area contributed by atoms with Crippen LogP contribution in [-0.2, 0) is 14.8 Å². The smallest absolute Gasteiger partial charge is 0.481 e. The quantitative estimate of drug-likeness (QED) is 0.772. The first kappa shape index (κ1) is 15.2. The maximum absolute atomic E-state index is 11.8. The normalized spacial score (nSPS) is 13.8. The molecule has 0 aromatic carbocycles. The summed E-state index contributed by atoms with van der Waals surface area (Å²) in [6.45, 7) is 2.00. The SMILES string of the molecule is CC(C)(CCNS(=O)(=O)C(F)(F)F)C(=O)O. The Balaban J connectivity index is 4.36. The molecule has 9 heteroatoms. The molecular weight excluding hydrogens is 251 g/mol. The Morgan fingerprint density at radius 3 is 2.06 bits per heavy atom. The number of aliphatic carboxylic acids is 1. The summed E-state index contributed by atoms with van der Waals surface area (Å²) in [5.74, 6) is -1.21. The number of alkyl halides is 3. The van der Waals surface area contributed by atoms with E-state index in [-0.39, 0.29) is 6.42 Å². The van der Waals surface area contributed by atoms with Crippen molar-refractivity contribution in [3.63, 3.8) is 0 Å². The van der Waals surface area contributed by atoms with Crippen molar-refractivity contribution in [1.29, 1.82) is 0 Å². The van der Waals surface area contributed by atoms with Gasteiger partial charge >= 0.3 is 21.5 Å². The summed E-state index contributed by atoms with van der Waals surface area (Å²) in [6.07, 6.45) is -0.238. The number of nitrogens with one attached hydrogen (secondary N) is 1. The molecule has 0 aromatic rings. The molecule has 96 valence electrons. The fraction of sp³-hybridized carbons (Fsp3) is 0.857. The van der Waals surface area contributed by atoms with Crippen molar-refractivity contribution >= 4 is 16.0 Å². The Morgan fingerprint density at radius 2 is 1.75 bits per heavy atom. The van der Waals surface area contributed by atoms with Gasteiger partial charge in [-0.3, -0.25) is 4.79 Å². The van der Waals surface area contributed by atoms with Crippen molar-refractivity contribution in [2.24, 2.45) is 5.41 Å². The third kappa shape index (κ3) is 3.97. The van der Waals surface area contributed by atoms with E-state index < -0.39 is 33.5 Å². The van der Waals surface area contributed by atoms with Crippen LogP contribution >= 0.6 is 0 Å². The van der Waals surface area contributed by atoms with Gasteiger partial charge in [-0.25, -0.2) is 13.1 Å². The lowest BCUT2D eigenvalue weighted by Crippen LogP contribution is -2.39. The first-order valence-corrected chi connectivity index (χ1v) is 5.68. The lowest BCUT2D eigenvalue weighted by atomic mass is 9.90. The first-order chi connectivity index (χ1) is 6.90. The molecule has 0 aromatic heterocycles. The van der Waals surface area contributed by atoms with E-state index in [4.69, 9.17) is 5.11 Å². The van der Waals surface area contributed by atoms with Crippen molar-refractivity contribution in [2.75, 3.05) is 6.54 Å². The Labute approximate surface area is 90.7 Å². The van der Waals surface area contributed by atoms with Crippen LogP contribution in [0.3, 0.4) is 0 Å². The Bertz CT molecular complexity index is 360. The van der Waals surface area contributed by atoms with Gasteiger partial charge in [0.15, 0.2) is 0 Å². The minimum absolute atomic E-state index is 0.238. The van der Waals surface area contributed by atoms with Gasteiger partial charge in [-0.15, -0.1) is 0 Å². The highest BCUT2D eigenvalue weighted by atomic mass is 32.2. The third-order valence-electron chi connectivity index (χ3n) is 1.93. The van der Waals surface area contributed by atoms with Crippen molar-refractivity contribution in [3.8, 4) is 0 Å². The molecule has 0 spiro atoms. The fourth-order valence-electron chi connectivity index (χ4n) is 0.687. The summed E-state index contributed by atoms with van der Waals surface area (Å²) in [4.78, 5) is 10.6. The molecule has 0 saturated carbocycles. The summed E-state index contributed by atoms with van der Waals surface area (Å²) < 4.78 is 57.9. The zero-order chi connectivity index (χ0) is 13.2. The van der Waals surface area contributed by atoms with E-state index in [1.807, 2.05) is 0 Å². The highest BCUT2D eigenvalue weighted by Gasteiger charge is 2.45. The van der Waals surface area contributed by atoms with Crippen LogP contribution in [0.1, 0.15) is 20.3 Å². The molecule has 0 aliphatic carbocycles. The van der Waals surface area contributed by atoms with E-state index in [1.165, 1.54) is 18.6 Å². The number of carboxylic acids is 1. The first-order valence-electron chi connectivity index (χ1n) is 4.19. The van der Waals surface area contributed by atoms with E-state index in [0.717, 1.165) is 0 Å². The second-order valence-electron chi connectivity index (χ2n) is 3.78. The Hall–Kier alpha value is -0.830. The Morgan fingerprint density at radius 1 is 1.31 bits per heavy atom. The number of carboxylic acid groups (broad SMARTS) is 1. The highest BCUT2D eigenvalue weighted by molar-refractivity contribution is 7.90. The van der Waals surface area contributed by atoms with Crippen LogP contribution in [0.4, 0.5) is 13.2 Å². The summed E-state index contributed by atoms with van der Waals surface area (Å²) in [5.41, 5.74) is -6.66. The molecule has 2 N–H and O–H groups in total. The molecule has 0 heterocycles. The summed E-state index contributed by atoms with van der Waals surface area (Å²) in [7, 11) is -5.39. The number of hydrogen-bond acceptors (Lipinski definition) is 3. The van der Waals surface area contributed by atoms with Gasteiger partial charge < -0.3 is 5.11 Å². The second kappa shape index (κ2) is 4.58. The molecule has 0 amide bonds. The lowest BCUT2D eigenvalue weighted by molar-refractivity contribution is -0.147. The van der Waals surface area contributed by atoms with Gasteiger partial charge in [0, 0.05) is 6.54 Å². The number of sulfonamides is 1. The average Bonchev–Trinajstić information content (AvgIpc) is 2.00. The number of halogens is 3. The minimum atomic E-state index is -5.39. The maximum Gasteiger partial charge on any atom is 0.511 e. The largest absolute Gasteiger partial charge is 0.511 e. The van der Waals surface area contributed by atoms with E-state index in [0.29, 0.717) is 0 Å². The van der Waals surface area contributed by atoms with Crippen LogP contribution in [0, 0.1) is 5.41 Å². The highest BCUT2D eigenvalue weighted by Crippen LogP contribution is 2.23. The van der Waals surface area contributed by atoms with Crippen LogP contribution in [-0.4, -0.2) is 31.5 Å². The molecule has 0 radical (unpaired) electrons. The van der Waals surface area contributed by atoms with Gasteiger partial charge in [0.05, 0.1) is 5.41 Å². The molecule has 16 heavy (non-hydrogen) atoms. The van der Waals surface area contributed by atoms with Gasteiger partial charge in [-0.05, 0) is 20.3 Å². The average molecular weight is 263 g/mol. The molecule has 0 unspecified atom stereocenters. The maximum atomic E-state index is 11.8. The monoisotopic (exact) mass is 263 g/mol. The van der Waals surface area contributed by atoms with Crippen LogP contribution in [0.5, 0.6) is 0 Å². The zero-order valence-corrected chi connectivity index (χ0v) is 9.44. The molecule has 0 aliphatic rings. The number of hydrogen-bond donors (Lipinski definition) is 2. The molecule has 0 rings (SSSR count). The van der Waals surface area contributed by atoms with Crippen molar-refractivity contribution in [1.82, 2.24) is 4.72 Å². The van der Waals surface area contributed by atoms with Gasteiger partial charge in [0.25, 0.3) is 0 Å². The summed E-state index contributed by atoms with van der Waals surface area (Å²) >= 11 is 0. The van der Waals surface area contributed by atoms with Gasteiger partial charge in [-0.2, -0.15) is 13.2 Å². The van der Waals surface area contributed by atoms with Crippen LogP contribution in [0.2, 0.25) is 0 Å². The van der Waals surface area contributed by atoms with Crippen molar-refractivity contribution in [3.05, 3.63) is 0 Å². The standard InChI is InChI=1S/C7H12F3NO4S/c1-6(2,5(12)13)3-4-11-16(14,15)7(8,9)10/h11H,3-4H2,1-2H3,(H,12,13). The molecule has 0 saturated heterocycles. The van der Waals surface area contributed by atoms with Gasteiger partial charge in [0.2, 0.25) is 0 Å². The summed E-state index contributed by atoms with van der Waals surface area (Å²) in [5, 5.41) is 8.63. The predicted molar refractivity (Wildman–Crippen MR) is 49.0 cm³/mol. The van der Waals surface area contributed by atoms with E-state index in [9.17, 15) is 26.4 Å². The Kier molecular flexibility index (Phi) is 4.34. The fourth-order valence-corrected chi connectivity index (χ4v) is 1.22. The molecule has 0 aliphatic heterocycles. The summed E-state index contributed by atoms with van der Waals surface area (Å²) in [6, 6.07) is 0. The third-order valence-corrected chi connectivity index (χ3v) is 3.12. The van der Waals surface area contributed by atoms with Gasteiger partial charge in [-0.1, -0.05) is 0 Å². The zero-order valence-electron chi connectivity index (χ0n) is 8.63. The number of rotatable bonds is 5. The van der Waals surface area contributed by atoms with Crippen LogP contribution in [0.25, 0.3) is 0 Å². The molecule has 0 fully saturated rings. The molecule has 0 bridgehead atoms. The van der Waals surface area contributed by atoms with E-state index in [1.54, 1.807) is 0 Å². The van der Waals surface area contributed by atoms with Gasteiger partial charge in [0.1, 0.15) is 0 Å². The lowest BCUT2D eigenvalue weighted by Gasteiger charge is -2.19. The molecular formula is C7H12F3NO4S. The predicted octanol–water partition coefficient (Wildman–Crippen LogP) is 0.927.